The molecule has 340 valence electrons. The van der Waals surface area contributed by atoms with Crippen LogP contribution >= 0.6 is 0 Å². The van der Waals surface area contributed by atoms with Crippen LogP contribution in [0.1, 0.15) is 194 Å². The number of nitrogens with zero attached hydrogens (tertiary/aromatic N) is 2. The van der Waals surface area contributed by atoms with Crippen molar-refractivity contribution in [2.75, 3.05) is 66.4 Å². The van der Waals surface area contributed by atoms with Gasteiger partial charge in [0.1, 0.15) is 26.4 Å². The van der Waals surface area contributed by atoms with E-state index in [9.17, 15) is 22.8 Å². The van der Waals surface area contributed by atoms with Crippen molar-refractivity contribution >= 4 is 28.0 Å². The van der Waals surface area contributed by atoms with E-state index in [4.69, 9.17) is 13.7 Å². The van der Waals surface area contributed by atoms with Gasteiger partial charge in [-0.3, -0.25) is 18.6 Å². The van der Waals surface area contributed by atoms with E-state index in [1.165, 1.54) is 103 Å². The maximum absolute atomic E-state index is 13.4. The van der Waals surface area contributed by atoms with Crippen LogP contribution in [-0.2, 0) is 38.2 Å². The summed E-state index contributed by atoms with van der Waals surface area (Å²) >= 11 is 0. The zero-order valence-electron chi connectivity index (χ0n) is 38.1. The maximum Gasteiger partial charge on any atom is 0.305 e. The van der Waals surface area contributed by atoms with E-state index in [1.807, 2.05) is 14.1 Å². The molecule has 0 atom stereocenters. The van der Waals surface area contributed by atoms with Gasteiger partial charge in [0.15, 0.2) is 6.54 Å². The molecule has 0 aliphatic rings. The molecule has 58 heavy (non-hydrogen) atoms. The number of rotatable bonds is 42. The van der Waals surface area contributed by atoms with Crippen molar-refractivity contribution in [1.82, 2.24) is 4.90 Å². The van der Waals surface area contributed by atoms with E-state index in [0.717, 1.165) is 70.5 Å². The van der Waals surface area contributed by atoms with Gasteiger partial charge in [-0.2, -0.15) is 8.42 Å². The Morgan fingerprint density at radius 3 is 1.22 bits per heavy atom. The predicted molar refractivity (Wildman–Crippen MR) is 240 cm³/mol. The minimum atomic E-state index is -3.58. The first kappa shape index (κ1) is 55.8. The van der Waals surface area contributed by atoms with Crippen molar-refractivity contribution in [1.29, 1.82) is 0 Å². The largest absolute Gasteiger partial charge is 0.464 e. The highest BCUT2D eigenvalue weighted by Crippen LogP contribution is 2.13. The normalized spacial score (nSPS) is 12.2. The summed E-state index contributed by atoms with van der Waals surface area (Å²) in [5.41, 5.74) is 0. The van der Waals surface area contributed by atoms with E-state index in [0.29, 0.717) is 19.4 Å². The highest BCUT2D eigenvalue weighted by atomic mass is 32.2. The second kappa shape index (κ2) is 38.9. The van der Waals surface area contributed by atoms with Crippen molar-refractivity contribution in [3.8, 4) is 0 Å². The van der Waals surface area contributed by atoms with Crippen LogP contribution in [0.4, 0.5) is 0 Å². The average Bonchev–Trinajstić information content (AvgIpc) is 3.16. The van der Waals surface area contributed by atoms with Crippen LogP contribution in [0.5, 0.6) is 0 Å². The van der Waals surface area contributed by atoms with Crippen LogP contribution in [0.25, 0.3) is 0 Å². The van der Waals surface area contributed by atoms with Gasteiger partial charge in [-0.05, 0) is 64.2 Å². The second-order valence-corrected chi connectivity index (χ2v) is 18.5. The first-order valence-corrected chi connectivity index (χ1v) is 25.3. The maximum atomic E-state index is 13.4. The Morgan fingerprint density at radius 1 is 0.517 bits per heavy atom. The fourth-order valence-corrected chi connectivity index (χ4v) is 7.08. The monoisotopic (exact) mass is 842 g/mol. The van der Waals surface area contributed by atoms with Gasteiger partial charge in [0.2, 0.25) is 0 Å². The van der Waals surface area contributed by atoms with Crippen LogP contribution in [0, 0.1) is 0 Å². The lowest BCUT2D eigenvalue weighted by Gasteiger charge is -2.31. The zero-order valence-corrected chi connectivity index (χ0v) is 38.9. The van der Waals surface area contributed by atoms with Crippen LogP contribution < -0.4 is 0 Å². The highest BCUT2D eigenvalue weighted by molar-refractivity contribution is 7.85. The lowest BCUT2D eigenvalue weighted by Crippen LogP contribution is -2.51. The molecule has 0 spiro atoms. The molecule has 0 fully saturated rings. The Balaban J connectivity index is 4.44. The Bertz CT molecular complexity index is 1110. The third kappa shape index (κ3) is 40.5. The average molecular weight is 842 g/mol. The first-order chi connectivity index (χ1) is 27.9. The van der Waals surface area contributed by atoms with Gasteiger partial charge in [0.25, 0.3) is 16.0 Å². The number of amides is 1. The topological polar surface area (TPSA) is 116 Å². The summed E-state index contributed by atoms with van der Waals surface area (Å²) < 4.78 is 38.9. The summed E-state index contributed by atoms with van der Waals surface area (Å²) in [7, 11) is 0.0655. The predicted octanol–water partition coefficient (Wildman–Crippen LogP) is 11.0. The smallest absolute Gasteiger partial charge is 0.305 e. The van der Waals surface area contributed by atoms with Crippen LogP contribution in [0.2, 0.25) is 0 Å². The lowest BCUT2D eigenvalue weighted by atomic mass is 10.1. The first-order valence-electron chi connectivity index (χ1n) is 23.5. The van der Waals surface area contributed by atoms with E-state index in [-0.39, 0.29) is 61.8 Å². The van der Waals surface area contributed by atoms with E-state index in [1.54, 1.807) is 4.90 Å². The number of carbonyl (C=O) groups is 3. The third-order valence-electron chi connectivity index (χ3n) is 10.4. The molecule has 0 unspecified atom stereocenters. The minimum absolute atomic E-state index is 0.0406. The van der Waals surface area contributed by atoms with Crippen LogP contribution in [0.3, 0.4) is 0 Å². The molecule has 0 rings (SSSR count). The molecule has 0 aliphatic heterocycles. The second-order valence-electron chi connectivity index (χ2n) is 16.8. The third-order valence-corrected chi connectivity index (χ3v) is 11.0. The fraction of sp³-hybridized carbons (Fsp3) is 0.851. The molecule has 0 aromatic heterocycles. The van der Waals surface area contributed by atoms with Crippen LogP contribution in [-0.4, -0.2) is 102 Å². The minimum Gasteiger partial charge on any atom is -0.464 e. The Labute approximate surface area is 357 Å². The van der Waals surface area contributed by atoms with Gasteiger partial charge < -0.3 is 18.9 Å². The highest BCUT2D eigenvalue weighted by Gasteiger charge is 2.25. The van der Waals surface area contributed by atoms with Crippen molar-refractivity contribution < 1.29 is 40.9 Å². The molecule has 0 aliphatic carbocycles. The number of likely N-dealkylation sites (N-methyl/N-ethyl adjacent to an activating group) is 1. The van der Waals surface area contributed by atoms with Gasteiger partial charge in [0, 0.05) is 12.8 Å². The van der Waals surface area contributed by atoms with Crippen molar-refractivity contribution in [2.45, 2.75) is 194 Å². The molecule has 0 saturated carbocycles. The standard InChI is InChI=1S/C47H89N2O8S/c1-6-8-10-12-14-16-18-20-22-24-26-28-30-32-34-36-46(51)55-41-38-48(45(50)44-49(3,4)40-43-57-58(5,53)54)39-42-56-47(52)37-35-33-31-29-27-25-23-21-19-17-15-13-11-9-7-2/h20-23H,6-19,24-44H2,1-5H3/q+1. The molecule has 10 nitrogen and oxygen atoms in total. The van der Waals surface area contributed by atoms with Gasteiger partial charge in [-0.25, -0.2) is 0 Å². The Hall–Kier alpha value is -2.24. The van der Waals surface area contributed by atoms with E-state index >= 15 is 0 Å². The van der Waals surface area contributed by atoms with Crippen molar-refractivity contribution in [2.24, 2.45) is 0 Å². The Morgan fingerprint density at radius 2 is 0.862 bits per heavy atom. The van der Waals surface area contributed by atoms with Gasteiger partial charge in [-0.1, -0.05) is 141 Å². The number of ether oxygens (including phenoxy) is 2. The zero-order chi connectivity index (χ0) is 43.0. The Kier molecular flexibility index (Phi) is 37.4. The van der Waals surface area contributed by atoms with E-state index in [2.05, 4.69) is 38.2 Å². The number of unbranched alkanes of at least 4 members (excludes halogenated alkanes) is 22. The summed E-state index contributed by atoms with van der Waals surface area (Å²) in [5, 5.41) is 0. The number of hydrogen-bond donors (Lipinski definition) is 0. The van der Waals surface area contributed by atoms with Gasteiger partial charge in [0.05, 0.1) is 33.4 Å². The summed E-state index contributed by atoms with van der Waals surface area (Å²) in [6, 6.07) is 0. The lowest BCUT2D eigenvalue weighted by molar-refractivity contribution is -0.882. The molecular formula is C47H89N2O8S+. The quantitative estimate of drug-likeness (QED) is 0.0196. The van der Waals surface area contributed by atoms with Crippen LogP contribution in [0.15, 0.2) is 24.3 Å². The summed E-state index contributed by atoms with van der Waals surface area (Å²) in [4.78, 5) is 39.9. The number of quaternary nitrogens is 1. The molecule has 0 aromatic carbocycles. The van der Waals surface area contributed by atoms with Gasteiger partial charge >= 0.3 is 11.9 Å². The molecule has 0 bridgehead atoms. The summed E-state index contributed by atoms with van der Waals surface area (Å²) in [6.07, 6.45) is 42.0. The summed E-state index contributed by atoms with van der Waals surface area (Å²) in [6.45, 7) is 5.33. The molecule has 11 heteroatoms. The molecule has 0 aromatic rings. The number of carbonyl (C=O) groups excluding carboxylic acids is 3. The molecule has 0 N–H and O–H groups in total. The number of hydrogen-bond acceptors (Lipinski definition) is 8. The van der Waals surface area contributed by atoms with E-state index < -0.39 is 10.1 Å². The molecular weight excluding hydrogens is 753 g/mol. The molecule has 0 saturated heterocycles. The molecule has 0 radical (unpaired) electrons. The number of esters is 2. The number of allylic oxidation sites excluding steroid dienone is 4. The molecule has 1 amide bonds. The van der Waals surface area contributed by atoms with Crippen molar-refractivity contribution in [3.05, 3.63) is 24.3 Å². The molecule has 0 heterocycles. The summed E-state index contributed by atoms with van der Waals surface area (Å²) in [5.74, 6) is -0.748. The fourth-order valence-electron chi connectivity index (χ4n) is 6.71. The van der Waals surface area contributed by atoms with Gasteiger partial charge in [-0.15, -0.1) is 0 Å². The van der Waals surface area contributed by atoms with Crippen molar-refractivity contribution in [3.63, 3.8) is 0 Å². The SMILES string of the molecule is CCCCCCCCC=CCCCCCCCC(=O)OCCN(CCOC(=O)CCCCCCCC=CCCCCCCCC)C(=O)C[N+](C)(C)CCOS(C)(=O)=O.